The molecule has 3 nitrogen and oxygen atoms in total. The molecule has 0 atom stereocenters. The third-order valence-corrected chi connectivity index (χ3v) is 2.59. The van der Waals surface area contributed by atoms with Crippen molar-refractivity contribution in [1.82, 2.24) is 4.90 Å². The Bertz CT molecular complexity index is 229. The lowest BCUT2D eigenvalue weighted by Gasteiger charge is -2.18. The first kappa shape index (κ1) is 8.60. The van der Waals surface area contributed by atoms with Gasteiger partial charge in [0, 0.05) is 24.9 Å². The molecule has 2 aliphatic rings. The average Bonchev–Trinajstić information content (AvgIpc) is 2.88. The van der Waals surface area contributed by atoms with Crippen molar-refractivity contribution in [3.8, 4) is 0 Å². The smallest absolute Gasteiger partial charge is 0.329 e. The molecule has 0 amide bonds. The zero-order valence-electron chi connectivity index (χ0n) is 7.65. The zero-order valence-corrected chi connectivity index (χ0v) is 7.65. The molecule has 0 saturated heterocycles. The van der Waals surface area contributed by atoms with Crippen LogP contribution in [0.15, 0.2) is 12.3 Å². The molecule has 2 saturated carbocycles. The van der Waals surface area contributed by atoms with Crippen LogP contribution < -0.4 is 0 Å². The maximum absolute atomic E-state index is 10.3. The van der Waals surface area contributed by atoms with Crippen molar-refractivity contribution >= 4 is 5.97 Å². The summed E-state index contributed by atoms with van der Waals surface area (Å²) in [6.45, 7) is 1.06. The van der Waals surface area contributed by atoms with Crippen molar-refractivity contribution < 1.29 is 9.90 Å². The first-order chi connectivity index (χ1) is 6.25. The van der Waals surface area contributed by atoms with Gasteiger partial charge in [0.2, 0.25) is 0 Å². The molecule has 0 unspecified atom stereocenters. The molecule has 0 aromatic carbocycles. The normalized spacial score (nSPS) is 22.2. The fourth-order valence-corrected chi connectivity index (χ4v) is 1.50. The van der Waals surface area contributed by atoms with Gasteiger partial charge in [0.25, 0.3) is 0 Å². The van der Waals surface area contributed by atoms with E-state index in [1.54, 1.807) is 6.20 Å². The van der Waals surface area contributed by atoms with Crippen molar-refractivity contribution in [2.45, 2.75) is 31.7 Å². The van der Waals surface area contributed by atoms with Crippen molar-refractivity contribution in [2.24, 2.45) is 5.92 Å². The molecule has 0 radical (unpaired) electrons. The Morgan fingerprint density at radius 1 is 1.38 bits per heavy atom. The van der Waals surface area contributed by atoms with Crippen molar-refractivity contribution in [2.75, 3.05) is 6.54 Å². The standard InChI is InChI=1S/C10H15NO2/c12-10(13)5-6-11(9-3-4-9)7-8-1-2-8/h5-6,8-9H,1-4,7H2,(H,12,13). The molecule has 2 fully saturated rings. The molecule has 2 aliphatic carbocycles. The minimum absolute atomic E-state index is 0.635. The first-order valence-electron chi connectivity index (χ1n) is 4.92. The minimum atomic E-state index is -0.846. The van der Waals surface area contributed by atoms with Crippen LogP contribution in [-0.2, 0) is 4.79 Å². The SMILES string of the molecule is O=C(O)C=CN(CC1CC1)C1CC1. The Morgan fingerprint density at radius 3 is 2.54 bits per heavy atom. The van der Waals surface area contributed by atoms with Crippen LogP contribution in [0.5, 0.6) is 0 Å². The van der Waals surface area contributed by atoms with E-state index in [0.29, 0.717) is 6.04 Å². The number of rotatable bonds is 5. The Morgan fingerprint density at radius 2 is 2.08 bits per heavy atom. The molecule has 2 rings (SSSR count). The lowest BCUT2D eigenvalue weighted by Crippen LogP contribution is -2.22. The Labute approximate surface area is 78.0 Å². The molecular formula is C10H15NO2. The molecule has 13 heavy (non-hydrogen) atoms. The van der Waals surface area contributed by atoms with Crippen LogP contribution in [0.3, 0.4) is 0 Å². The average molecular weight is 181 g/mol. The highest BCUT2D eigenvalue weighted by Gasteiger charge is 2.31. The summed E-state index contributed by atoms with van der Waals surface area (Å²) < 4.78 is 0. The van der Waals surface area contributed by atoms with Gasteiger partial charge in [0.1, 0.15) is 0 Å². The lowest BCUT2D eigenvalue weighted by molar-refractivity contribution is -0.131. The van der Waals surface area contributed by atoms with Gasteiger partial charge in [-0.05, 0) is 31.6 Å². The summed E-state index contributed by atoms with van der Waals surface area (Å²) >= 11 is 0. The van der Waals surface area contributed by atoms with Gasteiger partial charge in [-0.1, -0.05) is 0 Å². The predicted molar refractivity (Wildman–Crippen MR) is 49.2 cm³/mol. The Kier molecular flexibility index (Phi) is 2.25. The predicted octanol–water partition coefficient (Wildman–Crippen LogP) is 1.46. The highest BCUT2D eigenvalue weighted by Crippen LogP contribution is 2.34. The van der Waals surface area contributed by atoms with Crippen molar-refractivity contribution in [1.29, 1.82) is 0 Å². The molecule has 0 aromatic heterocycles. The molecule has 0 heterocycles. The van der Waals surface area contributed by atoms with Crippen LogP contribution in [0.2, 0.25) is 0 Å². The molecule has 0 spiro atoms. The Balaban J connectivity index is 1.84. The maximum Gasteiger partial charge on any atom is 0.329 e. The van der Waals surface area contributed by atoms with Gasteiger partial charge in [-0.25, -0.2) is 4.79 Å². The largest absolute Gasteiger partial charge is 0.478 e. The van der Waals surface area contributed by atoms with E-state index >= 15 is 0 Å². The zero-order chi connectivity index (χ0) is 9.26. The van der Waals surface area contributed by atoms with Crippen LogP contribution in [0.4, 0.5) is 0 Å². The van der Waals surface area contributed by atoms with Gasteiger partial charge in [0.15, 0.2) is 0 Å². The molecule has 0 aromatic rings. The van der Waals surface area contributed by atoms with E-state index in [1.165, 1.54) is 31.8 Å². The number of carboxylic acid groups (broad SMARTS) is 1. The summed E-state index contributed by atoms with van der Waals surface area (Å²) in [4.78, 5) is 12.5. The number of hydrogen-bond acceptors (Lipinski definition) is 2. The number of hydrogen-bond donors (Lipinski definition) is 1. The van der Waals surface area contributed by atoms with E-state index < -0.39 is 5.97 Å². The van der Waals surface area contributed by atoms with Crippen LogP contribution in [0, 0.1) is 5.92 Å². The quantitative estimate of drug-likeness (QED) is 0.653. The van der Waals surface area contributed by atoms with E-state index in [-0.39, 0.29) is 0 Å². The first-order valence-corrected chi connectivity index (χ1v) is 4.92. The monoisotopic (exact) mass is 181 g/mol. The number of carbonyl (C=O) groups is 1. The summed E-state index contributed by atoms with van der Waals surface area (Å²) in [6.07, 6.45) is 8.11. The second kappa shape index (κ2) is 3.40. The molecular weight excluding hydrogens is 166 g/mol. The van der Waals surface area contributed by atoms with Gasteiger partial charge in [-0.15, -0.1) is 0 Å². The van der Waals surface area contributed by atoms with Gasteiger partial charge in [0.05, 0.1) is 0 Å². The third kappa shape index (κ3) is 2.76. The summed E-state index contributed by atoms with van der Waals surface area (Å²) in [5.41, 5.74) is 0. The molecule has 0 bridgehead atoms. The lowest BCUT2D eigenvalue weighted by atomic mass is 10.3. The summed E-state index contributed by atoms with van der Waals surface area (Å²) in [7, 11) is 0. The second-order valence-electron chi connectivity index (χ2n) is 4.03. The summed E-state index contributed by atoms with van der Waals surface area (Å²) in [6, 6.07) is 0.635. The fourth-order valence-electron chi connectivity index (χ4n) is 1.50. The fraction of sp³-hybridized carbons (Fsp3) is 0.700. The topological polar surface area (TPSA) is 40.5 Å². The van der Waals surface area contributed by atoms with Crippen molar-refractivity contribution in [3.63, 3.8) is 0 Å². The second-order valence-corrected chi connectivity index (χ2v) is 4.03. The molecule has 72 valence electrons. The van der Waals surface area contributed by atoms with E-state index in [9.17, 15) is 4.79 Å². The number of aliphatic carboxylic acids is 1. The van der Waals surface area contributed by atoms with Crippen molar-refractivity contribution in [3.05, 3.63) is 12.3 Å². The Hall–Kier alpha value is -0.990. The van der Waals surface area contributed by atoms with E-state index in [0.717, 1.165) is 12.5 Å². The van der Waals surface area contributed by atoms with Crippen LogP contribution in [0.25, 0.3) is 0 Å². The molecule has 0 aliphatic heterocycles. The number of nitrogens with zero attached hydrogens (tertiary/aromatic N) is 1. The summed E-state index contributed by atoms with van der Waals surface area (Å²) in [5.74, 6) is -0.0134. The van der Waals surface area contributed by atoms with Crippen LogP contribution >= 0.6 is 0 Å². The molecule has 1 N–H and O–H groups in total. The highest BCUT2D eigenvalue weighted by atomic mass is 16.4. The molecule has 3 heteroatoms. The van der Waals surface area contributed by atoms with Crippen LogP contribution in [-0.4, -0.2) is 28.6 Å². The highest BCUT2D eigenvalue weighted by molar-refractivity contribution is 5.79. The van der Waals surface area contributed by atoms with E-state index in [4.69, 9.17) is 5.11 Å². The minimum Gasteiger partial charge on any atom is -0.478 e. The van der Waals surface area contributed by atoms with E-state index in [2.05, 4.69) is 4.90 Å². The third-order valence-electron chi connectivity index (χ3n) is 2.59. The number of carboxylic acids is 1. The van der Waals surface area contributed by atoms with Crippen LogP contribution in [0.1, 0.15) is 25.7 Å². The van der Waals surface area contributed by atoms with Gasteiger partial charge in [-0.3, -0.25) is 0 Å². The van der Waals surface area contributed by atoms with Gasteiger partial charge in [-0.2, -0.15) is 0 Å². The maximum atomic E-state index is 10.3. The van der Waals surface area contributed by atoms with E-state index in [1.807, 2.05) is 0 Å². The van der Waals surface area contributed by atoms with Gasteiger partial charge < -0.3 is 10.0 Å². The van der Waals surface area contributed by atoms with Gasteiger partial charge >= 0.3 is 5.97 Å². The summed E-state index contributed by atoms with van der Waals surface area (Å²) in [5, 5.41) is 8.50.